The van der Waals surface area contributed by atoms with E-state index in [1.807, 2.05) is 44.1 Å². The van der Waals surface area contributed by atoms with Gasteiger partial charge in [-0.1, -0.05) is 69.5 Å². The Kier molecular flexibility index (Phi) is 13.4. The third-order valence-electron chi connectivity index (χ3n) is 10.5. The van der Waals surface area contributed by atoms with Crippen LogP contribution in [0.4, 0.5) is 17.1 Å². The molecule has 1 aromatic heterocycles. The molecule has 1 aliphatic carbocycles. The number of carbonyl (C=O) groups excluding carboxylic acids is 1. The summed E-state index contributed by atoms with van der Waals surface area (Å²) < 4.78 is 12.2. The third-order valence-corrected chi connectivity index (χ3v) is 10.8. The number of rotatable bonds is 11. The molecule has 1 saturated carbocycles. The van der Waals surface area contributed by atoms with Crippen LogP contribution >= 0.6 is 11.6 Å². The van der Waals surface area contributed by atoms with Crippen molar-refractivity contribution in [3.63, 3.8) is 0 Å². The van der Waals surface area contributed by atoms with E-state index in [2.05, 4.69) is 33.9 Å². The van der Waals surface area contributed by atoms with Crippen LogP contribution < -0.4 is 25.4 Å². The zero-order chi connectivity index (χ0) is 35.5. The Balaban J connectivity index is 1.33. The average molecular weight is 701 g/mol. The van der Waals surface area contributed by atoms with Crippen LogP contribution in [0.25, 0.3) is 10.9 Å². The molecule has 3 aromatic rings. The number of likely N-dealkylation sites (N-methyl/N-ethyl adjacent to an activating group) is 1. The van der Waals surface area contributed by atoms with Gasteiger partial charge in [0.2, 0.25) is 5.91 Å². The molecular formula is C40H53ClN6O3. The van der Waals surface area contributed by atoms with E-state index in [4.69, 9.17) is 21.1 Å². The van der Waals surface area contributed by atoms with E-state index in [9.17, 15) is 10.1 Å². The lowest BCUT2D eigenvalue weighted by Gasteiger charge is -2.48. The highest BCUT2D eigenvalue weighted by Crippen LogP contribution is 2.46. The van der Waals surface area contributed by atoms with Crippen molar-refractivity contribution in [3.05, 3.63) is 59.3 Å². The zero-order valence-electron chi connectivity index (χ0n) is 30.1. The first-order valence-electron chi connectivity index (χ1n) is 18.3. The van der Waals surface area contributed by atoms with Gasteiger partial charge in [0.05, 0.1) is 34.1 Å². The predicted molar refractivity (Wildman–Crippen MR) is 204 cm³/mol. The maximum atomic E-state index is 12.8. The van der Waals surface area contributed by atoms with E-state index in [1.54, 1.807) is 18.2 Å². The number of hydrogen-bond donors (Lipinski definition) is 3. The third kappa shape index (κ3) is 9.48. The number of benzene rings is 2. The van der Waals surface area contributed by atoms with Crippen molar-refractivity contribution in [2.45, 2.75) is 84.1 Å². The number of fused-ring (bicyclic) bond motifs is 1. The summed E-state index contributed by atoms with van der Waals surface area (Å²) in [7, 11) is 3.87. The molecule has 5 rings (SSSR count). The van der Waals surface area contributed by atoms with Crippen LogP contribution in [0.15, 0.2) is 48.7 Å². The summed E-state index contributed by atoms with van der Waals surface area (Å²) in [5, 5.41) is 21.2. The van der Waals surface area contributed by atoms with Gasteiger partial charge in [-0.2, -0.15) is 5.26 Å². The number of amides is 1. The van der Waals surface area contributed by atoms with E-state index in [0.717, 1.165) is 6.54 Å². The lowest BCUT2D eigenvalue weighted by atomic mass is 9.62. The number of nitriles is 1. The lowest BCUT2D eigenvalue weighted by molar-refractivity contribution is -0.111. The average Bonchev–Trinajstić information content (AvgIpc) is 3.09. The first-order chi connectivity index (χ1) is 24.2. The minimum absolute atomic E-state index is 0.265. The van der Waals surface area contributed by atoms with Gasteiger partial charge in [0.1, 0.15) is 24.2 Å². The van der Waals surface area contributed by atoms with Gasteiger partial charge in [0.25, 0.3) is 0 Å². The minimum Gasteiger partial charge on any atom is -0.492 e. The summed E-state index contributed by atoms with van der Waals surface area (Å²) in [5.41, 5.74) is 3.09. The van der Waals surface area contributed by atoms with Crippen LogP contribution in [0.5, 0.6) is 11.5 Å². The molecule has 2 aliphatic rings. The molecule has 2 aromatic carbocycles. The molecule has 2 atom stereocenters. The molecule has 0 radical (unpaired) electrons. The van der Waals surface area contributed by atoms with Gasteiger partial charge in [0, 0.05) is 42.0 Å². The molecule has 1 saturated heterocycles. The van der Waals surface area contributed by atoms with E-state index < -0.39 is 0 Å². The highest BCUT2D eigenvalue weighted by molar-refractivity contribution is 6.32. The summed E-state index contributed by atoms with van der Waals surface area (Å²) in [6.45, 7) is 6.94. The maximum Gasteiger partial charge on any atom is 0.248 e. The molecule has 50 heavy (non-hydrogen) atoms. The Morgan fingerprint density at radius 1 is 1.08 bits per heavy atom. The summed E-state index contributed by atoms with van der Waals surface area (Å²) in [4.78, 5) is 19.3. The fourth-order valence-electron chi connectivity index (χ4n) is 7.59. The number of halogens is 1. The van der Waals surface area contributed by atoms with Crippen LogP contribution in [0.1, 0.15) is 83.6 Å². The fourth-order valence-corrected chi connectivity index (χ4v) is 7.82. The molecule has 0 bridgehead atoms. The van der Waals surface area contributed by atoms with Gasteiger partial charge in [-0.3, -0.25) is 9.78 Å². The van der Waals surface area contributed by atoms with Crippen molar-refractivity contribution < 1.29 is 14.3 Å². The van der Waals surface area contributed by atoms with E-state index >= 15 is 0 Å². The highest BCUT2D eigenvalue weighted by atomic mass is 35.5. The summed E-state index contributed by atoms with van der Waals surface area (Å²) in [6, 6.07) is 11.7. The standard InChI is InChI=1S/C40H53ClN6O3/c1-5-49-37-24-33-31(23-34(37)46-38(48)14-13-21-47(3)4)39(29(25-42)26-44-33)45-30-15-16-36(32(41)22-30)50-27-35-28(2)40(19-20-43-35)17-11-9-7-6-8-10-12-18-40/h13-16,22-24,26,28,35,43H,5-12,17-21,27H2,1-4H3,(H,44,45)(H,46,48)/b14-13+. The molecule has 2 heterocycles. The van der Waals surface area contributed by atoms with Crippen LogP contribution in [0.3, 0.4) is 0 Å². The van der Waals surface area contributed by atoms with Gasteiger partial charge in [-0.05, 0) is 82.4 Å². The molecule has 268 valence electrons. The normalized spacial score (nSPS) is 19.7. The largest absolute Gasteiger partial charge is 0.492 e. The van der Waals surface area contributed by atoms with Crippen LogP contribution in [-0.2, 0) is 4.79 Å². The lowest BCUT2D eigenvalue weighted by Crippen LogP contribution is -2.53. The highest BCUT2D eigenvalue weighted by Gasteiger charge is 2.42. The molecule has 3 N–H and O–H groups in total. The number of anilines is 3. The van der Waals surface area contributed by atoms with Crippen LogP contribution in [0, 0.1) is 22.7 Å². The van der Waals surface area contributed by atoms with E-state index in [-0.39, 0.29) is 11.9 Å². The first-order valence-corrected chi connectivity index (χ1v) is 18.7. The number of aromatic nitrogens is 1. The van der Waals surface area contributed by atoms with E-state index in [0.29, 0.717) is 81.1 Å². The molecule has 2 fully saturated rings. The second-order valence-electron chi connectivity index (χ2n) is 14.1. The Morgan fingerprint density at radius 2 is 1.82 bits per heavy atom. The minimum atomic E-state index is -0.281. The Bertz CT molecular complexity index is 1680. The monoisotopic (exact) mass is 700 g/mol. The smallest absolute Gasteiger partial charge is 0.248 e. The molecule has 2 unspecified atom stereocenters. The van der Waals surface area contributed by atoms with Crippen molar-refractivity contribution in [1.82, 2.24) is 15.2 Å². The topological polar surface area (TPSA) is 112 Å². The second-order valence-corrected chi connectivity index (χ2v) is 14.5. The van der Waals surface area contributed by atoms with Crippen molar-refractivity contribution in [1.29, 1.82) is 5.26 Å². The maximum absolute atomic E-state index is 12.8. The number of carbonyl (C=O) groups is 1. The van der Waals surface area contributed by atoms with E-state index in [1.165, 1.54) is 76.5 Å². The Labute approximate surface area is 302 Å². The number of hydrogen-bond acceptors (Lipinski definition) is 8. The van der Waals surface area contributed by atoms with Crippen molar-refractivity contribution in [3.8, 4) is 17.6 Å². The molecular weight excluding hydrogens is 648 g/mol. The van der Waals surface area contributed by atoms with Crippen LogP contribution in [0.2, 0.25) is 5.02 Å². The molecule has 1 spiro atoms. The van der Waals surface area contributed by atoms with Gasteiger partial charge in [0.15, 0.2) is 0 Å². The number of nitrogens with zero attached hydrogens (tertiary/aromatic N) is 3. The number of pyridine rings is 1. The van der Waals surface area contributed by atoms with Gasteiger partial charge in [-0.15, -0.1) is 0 Å². The van der Waals surface area contributed by atoms with Crippen LogP contribution in [-0.4, -0.2) is 62.2 Å². The molecule has 9 nitrogen and oxygen atoms in total. The second kappa shape index (κ2) is 17.9. The Hall–Kier alpha value is -3.84. The first kappa shape index (κ1) is 37.4. The molecule has 1 amide bonds. The number of ether oxygens (including phenoxy) is 2. The quantitative estimate of drug-likeness (QED) is 0.170. The van der Waals surface area contributed by atoms with Crippen molar-refractivity contribution in [2.24, 2.45) is 11.3 Å². The van der Waals surface area contributed by atoms with Crippen molar-refractivity contribution in [2.75, 3.05) is 51.0 Å². The fraction of sp³-hybridized carbons (Fsp3) is 0.525. The SMILES string of the molecule is CCOc1cc2ncc(C#N)c(Nc3ccc(OCC4NCCC5(CCCCCCCCC5)C4C)c(Cl)c3)c2cc1NC(=O)/C=C/CN(C)C. The summed E-state index contributed by atoms with van der Waals surface area (Å²) >= 11 is 6.82. The molecule has 10 heteroatoms. The van der Waals surface area contributed by atoms with Crippen molar-refractivity contribution >= 4 is 45.5 Å². The predicted octanol–water partition coefficient (Wildman–Crippen LogP) is 8.85. The van der Waals surface area contributed by atoms with Gasteiger partial charge >= 0.3 is 0 Å². The van der Waals surface area contributed by atoms with Gasteiger partial charge in [-0.25, -0.2) is 0 Å². The molecule has 1 aliphatic heterocycles. The zero-order valence-corrected chi connectivity index (χ0v) is 30.9. The summed E-state index contributed by atoms with van der Waals surface area (Å²) in [5.74, 6) is 1.37. The number of piperidine rings is 1. The summed E-state index contributed by atoms with van der Waals surface area (Å²) in [6.07, 6.45) is 18.2. The number of nitrogens with one attached hydrogen (secondary N) is 3. The van der Waals surface area contributed by atoms with Gasteiger partial charge < -0.3 is 30.3 Å². The Morgan fingerprint density at radius 3 is 2.50 bits per heavy atom.